The predicted octanol–water partition coefficient (Wildman–Crippen LogP) is 2.79. The number of carbonyl (C=O) groups is 2. The summed E-state index contributed by atoms with van der Waals surface area (Å²) in [5.74, 6) is 0.860. The standard InChI is InChI=1S/C22H25ClN2O5/c1-28-16-7-9-17(10-8-16)30-15-20(26)24-11-13-25(14-12-24)21(22(27)29-2)18-5-3-4-6-19(18)23/h3-10,21H,11-15H2,1-2H3. The van der Waals surface area contributed by atoms with Gasteiger partial charge in [-0.25, -0.2) is 4.79 Å². The van der Waals surface area contributed by atoms with Crippen LogP contribution in [0.5, 0.6) is 11.5 Å². The van der Waals surface area contributed by atoms with E-state index in [4.69, 9.17) is 25.8 Å². The number of hydrogen-bond donors (Lipinski definition) is 0. The molecule has 0 aromatic heterocycles. The van der Waals surface area contributed by atoms with Crippen molar-refractivity contribution in [3.63, 3.8) is 0 Å². The first-order valence-corrected chi connectivity index (χ1v) is 10.0. The molecule has 1 saturated heterocycles. The highest BCUT2D eigenvalue weighted by molar-refractivity contribution is 6.31. The van der Waals surface area contributed by atoms with Crippen LogP contribution in [0.3, 0.4) is 0 Å². The molecule has 30 heavy (non-hydrogen) atoms. The fraction of sp³-hybridized carbons (Fsp3) is 0.364. The van der Waals surface area contributed by atoms with Gasteiger partial charge in [0.2, 0.25) is 0 Å². The predicted molar refractivity (Wildman–Crippen MR) is 113 cm³/mol. The van der Waals surface area contributed by atoms with Gasteiger partial charge in [-0.05, 0) is 35.9 Å². The Morgan fingerprint density at radius 3 is 2.20 bits per heavy atom. The van der Waals surface area contributed by atoms with Crippen LogP contribution in [0.25, 0.3) is 0 Å². The van der Waals surface area contributed by atoms with E-state index >= 15 is 0 Å². The van der Waals surface area contributed by atoms with Crippen molar-refractivity contribution in [3.05, 3.63) is 59.1 Å². The molecule has 0 aliphatic carbocycles. The van der Waals surface area contributed by atoms with Crippen LogP contribution in [0, 0.1) is 0 Å². The molecular formula is C22H25ClN2O5. The van der Waals surface area contributed by atoms with Crippen LogP contribution in [-0.4, -0.2) is 68.7 Å². The molecule has 8 heteroatoms. The molecule has 7 nitrogen and oxygen atoms in total. The van der Waals surface area contributed by atoms with Gasteiger partial charge in [-0.1, -0.05) is 29.8 Å². The van der Waals surface area contributed by atoms with E-state index in [-0.39, 0.29) is 18.5 Å². The van der Waals surface area contributed by atoms with Gasteiger partial charge < -0.3 is 19.1 Å². The van der Waals surface area contributed by atoms with Crippen LogP contribution in [0.15, 0.2) is 48.5 Å². The van der Waals surface area contributed by atoms with Crippen LogP contribution in [0.4, 0.5) is 0 Å². The van der Waals surface area contributed by atoms with Gasteiger partial charge in [0, 0.05) is 31.2 Å². The Hall–Kier alpha value is -2.77. The zero-order valence-corrected chi connectivity index (χ0v) is 17.8. The molecule has 1 fully saturated rings. The lowest BCUT2D eigenvalue weighted by molar-refractivity contribution is -0.148. The van der Waals surface area contributed by atoms with E-state index < -0.39 is 6.04 Å². The number of nitrogens with zero attached hydrogens (tertiary/aromatic N) is 2. The van der Waals surface area contributed by atoms with Crippen molar-refractivity contribution in [2.24, 2.45) is 0 Å². The van der Waals surface area contributed by atoms with Gasteiger partial charge in [0.25, 0.3) is 5.91 Å². The Labute approximate surface area is 181 Å². The number of hydrogen-bond acceptors (Lipinski definition) is 6. The molecule has 1 aliphatic rings. The molecule has 160 valence electrons. The summed E-state index contributed by atoms with van der Waals surface area (Å²) in [7, 11) is 2.96. The molecule has 2 aromatic carbocycles. The minimum Gasteiger partial charge on any atom is -0.497 e. The van der Waals surface area contributed by atoms with Gasteiger partial charge in [-0.3, -0.25) is 9.69 Å². The van der Waals surface area contributed by atoms with Crippen LogP contribution in [0.2, 0.25) is 5.02 Å². The quantitative estimate of drug-likeness (QED) is 0.627. The highest BCUT2D eigenvalue weighted by atomic mass is 35.5. The summed E-state index contributed by atoms with van der Waals surface area (Å²) < 4.78 is 15.7. The van der Waals surface area contributed by atoms with Crippen molar-refractivity contribution >= 4 is 23.5 Å². The van der Waals surface area contributed by atoms with Gasteiger partial charge >= 0.3 is 5.97 Å². The average Bonchev–Trinajstić information content (AvgIpc) is 2.79. The van der Waals surface area contributed by atoms with E-state index in [1.54, 1.807) is 42.3 Å². The molecule has 1 amide bonds. The summed E-state index contributed by atoms with van der Waals surface area (Å²) in [6.07, 6.45) is 0. The maximum atomic E-state index is 12.5. The van der Waals surface area contributed by atoms with Crippen LogP contribution in [0.1, 0.15) is 11.6 Å². The summed E-state index contributed by atoms with van der Waals surface area (Å²) in [4.78, 5) is 28.7. The molecule has 0 radical (unpaired) electrons. The fourth-order valence-electron chi connectivity index (χ4n) is 3.42. The van der Waals surface area contributed by atoms with Gasteiger partial charge in [-0.15, -0.1) is 0 Å². The van der Waals surface area contributed by atoms with Crippen molar-refractivity contribution in [2.75, 3.05) is 47.0 Å². The molecule has 3 rings (SSSR count). The third-order valence-electron chi connectivity index (χ3n) is 5.08. The smallest absolute Gasteiger partial charge is 0.327 e. The van der Waals surface area contributed by atoms with Gasteiger partial charge in [0.1, 0.15) is 17.5 Å². The largest absolute Gasteiger partial charge is 0.497 e. The van der Waals surface area contributed by atoms with Crippen molar-refractivity contribution in [1.29, 1.82) is 0 Å². The van der Waals surface area contributed by atoms with Crippen molar-refractivity contribution < 1.29 is 23.8 Å². The molecular weight excluding hydrogens is 408 g/mol. The number of ether oxygens (including phenoxy) is 3. The van der Waals surface area contributed by atoms with Crippen LogP contribution < -0.4 is 9.47 Å². The number of halogens is 1. The fourth-order valence-corrected chi connectivity index (χ4v) is 3.66. The maximum Gasteiger partial charge on any atom is 0.327 e. The number of methoxy groups -OCH3 is 2. The summed E-state index contributed by atoms with van der Waals surface area (Å²) in [6, 6.07) is 13.7. The van der Waals surface area contributed by atoms with E-state index in [2.05, 4.69) is 0 Å². The third kappa shape index (κ3) is 5.23. The first-order valence-electron chi connectivity index (χ1n) is 9.64. The topological polar surface area (TPSA) is 68.3 Å². The Morgan fingerprint density at radius 2 is 1.60 bits per heavy atom. The van der Waals surface area contributed by atoms with Gasteiger partial charge in [0.15, 0.2) is 6.61 Å². The lowest BCUT2D eigenvalue weighted by atomic mass is 10.0. The minimum atomic E-state index is -0.600. The van der Waals surface area contributed by atoms with E-state index in [0.717, 1.165) is 5.75 Å². The number of piperazine rings is 1. The molecule has 1 atom stereocenters. The molecule has 0 spiro atoms. The van der Waals surface area contributed by atoms with E-state index in [0.29, 0.717) is 42.5 Å². The van der Waals surface area contributed by atoms with Gasteiger partial charge in [-0.2, -0.15) is 0 Å². The first kappa shape index (κ1) is 21.9. The van der Waals surface area contributed by atoms with Crippen molar-refractivity contribution in [2.45, 2.75) is 6.04 Å². The Morgan fingerprint density at radius 1 is 0.967 bits per heavy atom. The normalized spacial score (nSPS) is 15.4. The van der Waals surface area contributed by atoms with Crippen LogP contribution >= 0.6 is 11.6 Å². The van der Waals surface area contributed by atoms with E-state index in [1.165, 1.54) is 7.11 Å². The third-order valence-corrected chi connectivity index (χ3v) is 5.42. The highest BCUT2D eigenvalue weighted by Gasteiger charge is 2.33. The highest BCUT2D eigenvalue weighted by Crippen LogP contribution is 2.29. The second kappa shape index (κ2) is 10.3. The summed E-state index contributed by atoms with van der Waals surface area (Å²) in [5, 5.41) is 0.513. The lowest BCUT2D eigenvalue weighted by Crippen LogP contribution is -2.52. The number of rotatable bonds is 7. The molecule has 1 aliphatic heterocycles. The number of benzene rings is 2. The van der Waals surface area contributed by atoms with Crippen LogP contribution in [-0.2, 0) is 14.3 Å². The maximum absolute atomic E-state index is 12.5. The minimum absolute atomic E-state index is 0.0444. The molecule has 2 aromatic rings. The summed E-state index contributed by atoms with van der Waals surface area (Å²) in [6.45, 7) is 1.99. The monoisotopic (exact) mass is 432 g/mol. The zero-order valence-electron chi connectivity index (χ0n) is 17.0. The Bertz CT molecular complexity index is 866. The van der Waals surface area contributed by atoms with E-state index in [9.17, 15) is 9.59 Å². The van der Waals surface area contributed by atoms with Gasteiger partial charge in [0.05, 0.1) is 14.2 Å². The average molecular weight is 433 g/mol. The summed E-state index contributed by atoms with van der Waals surface area (Å²) >= 11 is 6.31. The summed E-state index contributed by atoms with van der Waals surface area (Å²) in [5.41, 5.74) is 0.702. The van der Waals surface area contributed by atoms with Crippen molar-refractivity contribution in [1.82, 2.24) is 9.80 Å². The van der Waals surface area contributed by atoms with E-state index in [1.807, 2.05) is 23.1 Å². The lowest BCUT2D eigenvalue weighted by Gasteiger charge is -2.38. The second-order valence-electron chi connectivity index (χ2n) is 6.83. The molecule has 0 N–H and O–H groups in total. The zero-order chi connectivity index (χ0) is 21.5. The molecule has 1 heterocycles. The Balaban J connectivity index is 1.57. The first-order chi connectivity index (χ1) is 14.5. The SMILES string of the molecule is COC(=O)C(c1ccccc1Cl)N1CCN(C(=O)COc2ccc(OC)cc2)CC1. The second-order valence-corrected chi connectivity index (χ2v) is 7.24. The molecule has 1 unspecified atom stereocenters. The number of esters is 1. The number of carbonyl (C=O) groups excluding carboxylic acids is 2. The number of amides is 1. The molecule has 0 bridgehead atoms. The Kier molecular flexibility index (Phi) is 7.54. The molecule has 0 saturated carbocycles. The van der Waals surface area contributed by atoms with Crippen molar-refractivity contribution in [3.8, 4) is 11.5 Å².